The van der Waals surface area contributed by atoms with Crippen LogP contribution in [-0.4, -0.2) is 10.9 Å². The fourth-order valence-corrected chi connectivity index (χ4v) is 3.80. The number of carbonyl (C=O) groups excluding carboxylic acids is 1. The van der Waals surface area contributed by atoms with Crippen molar-refractivity contribution in [2.45, 2.75) is 45.4 Å². The lowest BCUT2D eigenvalue weighted by atomic mass is 10.0. The van der Waals surface area contributed by atoms with Gasteiger partial charge in [-0.05, 0) is 36.0 Å². The van der Waals surface area contributed by atoms with Gasteiger partial charge in [0.2, 0.25) is 5.91 Å². The minimum atomic E-state index is 0.0139. The number of anilines is 1. The predicted octanol–water partition coefficient (Wildman–Crippen LogP) is 5.65. The first-order valence-corrected chi connectivity index (χ1v) is 10.4. The van der Waals surface area contributed by atoms with Gasteiger partial charge in [0.05, 0.1) is 0 Å². The van der Waals surface area contributed by atoms with Crippen molar-refractivity contribution in [2.75, 3.05) is 5.32 Å². The second kappa shape index (κ2) is 10.0. The van der Waals surface area contributed by atoms with E-state index in [2.05, 4.69) is 41.5 Å². The van der Waals surface area contributed by atoms with Gasteiger partial charge in [-0.15, -0.1) is 11.3 Å². The molecule has 0 aliphatic heterocycles. The fraction of sp³-hybridized carbons (Fsp3) is 0.304. The third kappa shape index (κ3) is 6.33. The smallest absolute Gasteiger partial charge is 0.226 e. The molecule has 1 aromatic heterocycles. The van der Waals surface area contributed by atoms with E-state index in [1.807, 2.05) is 36.5 Å². The summed E-state index contributed by atoms with van der Waals surface area (Å²) in [5, 5.41) is 3.60. The monoisotopic (exact) mass is 378 g/mol. The second-order valence-corrected chi connectivity index (χ2v) is 7.88. The zero-order valence-corrected chi connectivity index (χ0v) is 16.6. The maximum atomic E-state index is 12.1. The highest BCUT2D eigenvalue weighted by molar-refractivity contribution is 7.15. The van der Waals surface area contributed by atoms with E-state index in [0.717, 1.165) is 24.1 Å². The third-order valence-corrected chi connectivity index (χ3v) is 5.42. The van der Waals surface area contributed by atoms with Crippen molar-refractivity contribution < 1.29 is 4.79 Å². The number of rotatable bonds is 9. The topological polar surface area (TPSA) is 42.0 Å². The molecule has 1 heterocycles. The zero-order valence-electron chi connectivity index (χ0n) is 15.8. The molecular formula is C23H26N2OS. The number of aryl methyl sites for hydroxylation is 2. The third-order valence-electron chi connectivity index (χ3n) is 4.50. The van der Waals surface area contributed by atoms with Gasteiger partial charge in [-0.1, -0.05) is 67.9 Å². The van der Waals surface area contributed by atoms with E-state index in [1.54, 1.807) is 11.3 Å². The Kier molecular flexibility index (Phi) is 7.17. The van der Waals surface area contributed by atoms with Gasteiger partial charge in [0, 0.05) is 23.9 Å². The van der Waals surface area contributed by atoms with Crippen LogP contribution >= 0.6 is 11.3 Å². The lowest BCUT2D eigenvalue weighted by Gasteiger charge is -2.03. The molecule has 0 spiro atoms. The molecule has 3 nitrogen and oxygen atoms in total. The standard InChI is InChI=1S/C23H26N2OS/c1-2-3-7-19-10-12-20(13-11-19)16-21-17-24-23(27-21)25-22(26)15-14-18-8-5-4-6-9-18/h4-6,8-13,17H,2-3,7,14-16H2,1H3,(H,24,25,26). The van der Waals surface area contributed by atoms with Crippen LogP contribution in [0.3, 0.4) is 0 Å². The molecule has 2 aromatic carbocycles. The molecule has 3 aromatic rings. The molecule has 0 fully saturated rings. The Labute approximate surface area is 165 Å². The number of nitrogens with one attached hydrogen (secondary N) is 1. The van der Waals surface area contributed by atoms with Crippen LogP contribution in [0.5, 0.6) is 0 Å². The summed E-state index contributed by atoms with van der Waals surface area (Å²) < 4.78 is 0. The molecule has 3 rings (SSSR count). The van der Waals surface area contributed by atoms with Gasteiger partial charge in [0.1, 0.15) is 0 Å². The predicted molar refractivity (Wildman–Crippen MR) is 113 cm³/mol. The van der Waals surface area contributed by atoms with Crippen LogP contribution in [-0.2, 0) is 24.1 Å². The van der Waals surface area contributed by atoms with Gasteiger partial charge in [0.25, 0.3) is 0 Å². The Morgan fingerprint density at radius 3 is 2.41 bits per heavy atom. The first-order valence-electron chi connectivity index (χ1n) is 9.59. The Morgan fingerprint density at radius 2 is 1.67 bits per heavy atom. The lowest BCUT2D eigenvalue weighted by molar-refractivity contribution is -0.116. The van der Waals surface area contributed by atoms with Crippen LogP contribution in [0.1, 0.15) is 47.8 Å². The number of aromatic nitrogens is 1. The average Bonchev–Trinajstić information content (AvgIpc) is 3.13. The van der Waals surface area contributed by atoms with E-state index in [-0.39, 0.29) is 5.91 Å². The number of hydrogen-bond donors (Lipinski definition) is 1. The molecule has 0 saturated carbocycles. The maximum absolute atomic E-state index is 12.1. The highest BCUT2D eigenvalue weighted by Gasteiger charge is 2.08. The number of thiazole rings is 1. The van der Waals surface area contributed by atoms with E-state index >= 15 is 0 Å². The molecule has 0 atom stereocenters. The number of nitrogens with zero attached hydrogens (tertiary/aromatic N) is 1. The van der Waals surface area contributed by atoms with Crippen molar-refractivity contribution in [2.24, 2.45) is 0 Å². The maximum Gasteiger partial charge on any atom is 0.226 e. The van der Waals surface area contributed by atoms with Crippen LogP contribution in [0.25, 0.3) is 0 Å². The van der Waals surface area contributed by atoms with Crippen molar-refractivity contribution in [3.63, 3.8) is 0 Å². The van der Waals surface area contributed by atoms with Crippen LogP contribution in [0.15, 0.2) is 60.8 Å². The highest BCUT2D eigenvalue weighted by atomic mass is 32.1. The minimum Gasteiger partial charge on any atom is -0.302 e. The molecule has 0 aliphatic rings. The summed E-state index contributed by atoms with van der Waals surface area (Å²) in [7, 11) is 0. The van der Waals surface area contributed by atoms with E-state index in [4.69, 9.17) is 0 Å². The lowest BCUT2D eigenvalue weighted by Crippen LogP contribution is -2.11. The van der Waals surface area contributed by atoms with Crippen molar-refractivity contribution >= 4 is 22.4 Å². The van der Waals surface area contributed by atoms with Crippen molar-refractivity contribution in [1.29, 1.82) is 0 Å². The minimum absolute atomic E-state index is 0.0139. The van der Waals surface area contributed by atoms with Crippen molar-refractivity contribution in [1.82, 2.24) is 4.98 Å². The number of amides is 1. The summed E-state index contributed by atoms with van der Waals surface area (Å²) in [6.07, 6.45) is 7.54. The van der Waals surface area contributed by atoms with Crippen molar-refractivity contribution in [3.05, 3.63) is 82.4 Å². The number of benzene rings is 2. The van der Waals surface area contributed by atoms with Crippen LogP contribution < -0.4 is 5.32 Å². The second-order valence-electron chi connectivity index (χ2n) is 6.76. The van der Waals surface area contributed by atoms with Gasteiger partial charge in [-0.3, -0.25) is 4.79 Å². The molecule has 4 heteroatoms. The van der Waals surface area contributed by atoms with Gasteiger partial charge in [-0.25, -0.2) is 4.98 Å². The van der Waals surface area contributed by atoms with Gasteiger partial charge in [-0.2, -0.15) is 0 Å². The summed E-state index contributed by atoms with van der Waals surface area (Å²) in [5.74, 6) is 0.0139. The molecular weight excluding hydrogens is 352 g/mol. The largest absolute Gasteiger partial charge is 0.302 e. The molecule has 0 bridgehead atoms. The number of hydrogen-bond acceptors (Lipinski definition) is 3. The molecule has 1 amide bonds. The van der Waals surface area contributed by atoms with Crippen LogP contribution in [0.2, 0.25) is 0 Å². The summed E-state index contributed by atoms with van der Waals surface area (Å²) in [6.45, 7) is 2.22. The molecule has 140 valence electrons. The van der Waals surface area contributed by atoms with E-state index in [9.17, 15) is 4.79 Å². The summed E-state index contributed by atoms with van der Waals surface area (Å²) in [6, 6.07) is 18.9. The molecule has 0 saturated heterocycles. The molecule has 27 heavy (non-hydrogen) atoms. The molecule has 1 N–H and O–H groups in total. The van der Waals surface area contributed by atoms with Gasteiger partial charge in [0.15, 0.2) is 5.13 Å². The summed E-state index contributed by atoms with van der Waals surface area (Å²) in [5.41, 5.74) is 3.85. The molecule has 0 aliphatic carbocycles. The summed E-state index contributed by atoms with van der Waals surface area (Å²) >= 11 is 1.55. The fourth-order valence-electron chi connectivity index (χ4n) is 2.94. The number of unbranched alkanes of at least 4 members (excludes halogenated alkanes) is 1. The Bertz CT molecular complexity index is 840. The highest BCUT2D eigenvalue weighted by Crippen LogP contribution is 2.22. The average molecular weight is 379 g/mol. The van der Waals surface area contributed by atoms with E-state index < -0.39 is 0 Å². The first-order chi connectivity index (χ1) is 13.2. The first kappa shape index (κ1) is 19.3. The Balaban J connectivity index is 1.48. The van der Waals surface area contributed by atoms with Crippen LogP contribution in [0.4, 0.5) is 5.13 Å². The molecule has 0 unspecified atom stereocenters. The Morgan fingerprint density at radius 1 is 0.963 bits per heavy atom. The number of carbonyl (C=O) groups is 1. The summed E-state index contributed by atoms with van der Waals surface area (Å²) in [4.78, 5) is 17.6. The van der Waals surface area contributed by atoms with E-state index in [1.165, 1.54) is 29.5 Å². The quantitative estimate of drug-likeness (QED) is 0.523. The van der Waals surface area contributed by atoms with Crippen molar-refractivity contribution in [3.8, 4) is 0 Å². The zero-order chi connectivity index (χ0) is 18.9. The van der Waals surface area contributed by atoms with Gasteiger partial charge >= 0.3 is 0 Å². The SMILES string of the molecule is CCCCc1ccc(Cc2cnc(NC(=O)CCc3ccccc3)s2)cc1. The van der Waals surface area contributed by atoms with Crippen LogP contribution in [0, 0.1) is 0 Å². The van der Waals surface area contributed by atoms with E-state index in [0.29, 0.717) is 11.6 Å². The van der Waals surface area contributed by atoms with Gasteiger partial charge < -0.3 is 5.32 Å². The normalized spacial score (nSPS) is 10.7. The molecule has 0 radical (unpaired) electrons. The Hall–Kier alpha value is -2.46.